The molecule has 2 atom stereocenters. The Morgan fingerprint density at radius 1 is 1.00 bits per heavy atom. The van der Waals surface area contributed by atoms with Gasteiger partial charge in [0.2, 0.25) is 5.91 Å². The fourth-order valence-electron chi connectivity index (χ4n) is 3.91. The Balaban J connectivity index is 1.93. The van der Waals surface area contributed by atoms with Crippen LogP contribution in [-0.4, -0.2) is 35.4 Å². The highest BCUT2D eigenvalue weighted by molar-refractivity contribution is 9.10. The summed E-state index contributed by atoms with van der Waals surface area (Å²) >= 11 is 3.51. The van der Waals surface area contributed by atoms with Crippen molar-refractivity contribution in [3.05, 3.63) is 99.8 Å². The molecule has 0 fully saturated rings. The first-order chi connectivity index (χ1) is 17.8. The van der Waals surface area contributed by atoms with Gasteiger partial charge in [-0.05, 0) is 65.0 Å². The molecule has 0 aromatic heterocycles. The molecule has 3 rings (SSSR count). The molecule has 2 amide bonds. The van der Waals surface area contributed by atoms with Crippen LogP contribution in [0.25, 0.3) is 0 Å². The summed E-state index contributed by atoms with van der Waals surface area (Å²) in [6.07, 6.45) is 1.91. The fourth-order valence-corrected chi connectivity index (χ4v) is 4.45. The summed E-state index contributed by atoms with van der Waals surface area (Å²) in [6.45, 7) is 5.61. The van der Waals surface area contributed by atoms with Gasteiger partial charge in [-0.2, -0.15) is 0 Å². The number of aryl methyl sites for hydroxylation is 1. The summed E-state index contributed by atoms with van der Waals surface area (Å²) in [5, 5.41) is 3.01. The summed E-state index contributed by atoms with van der Waals surface area (Å²) in [4.78, 5) is 28.6. The predicted octanol–water partition coefficient (Wildman–Crippen LogP) is 6.08. The van der Waals surface area contributed by atoms with E-state index in [1.54, 1.807) is 18.2 Å². The zero-order valence-electron chi connectivity index (χ0n) is 21.5. The molecule has 0 saturated carbocycles. The first-order valence-corrected chi connectivity index (χ1v) is 13.4. The second-order valence-electron chi connectivity index (χ2n) is 9.04. The maximum absolute atomic E-state index is 14.7. The first kappa shape index (κ1) is 28.4. The smallest absolute Gasteiger partial charge is 0.261 e. The highest BCUT2D eigenvalue weighted by Gasteiger charge is 2.31. The molecule has 0 unspecified atom stereocenters. The van der Waals surface area contributed by atoms with E-state index in [9.17, 15) is 14.0 Å². The highest BCUT2D eigenvalue weighted by atomic mass is 79.9. The first-order valence-electron chi connectivity index (χ1n) is 12.6. The quantitative estimate of drug-likeness (QED) is 0.288. The minimum atomic E-state index is -0.849. The SMILES string of the molecule is CCc1ccc(OCC(=O)N(Cc2ccccc2F)[C@H](Cc2ccccc2)C(=O)N[C@H](C)CC)c(Br)c1. The second kappa shape index (κ2) is 13.9. The van der Waals surface area contributed by atoms with Crippen molar-refractivity contribution in [1.82, 2.24) is 10.2 Å². The van der Waals surface area contributed by atoms with Gasteiger partial charge in [0, 0.05) is 24.6 Å². The van der Waals surface area contributed by atoms with E-state index in [0.29, 0.717) is 11.3 Å². The molecular formula is C30H34BrFN2O3. The Kier molecular flexibility index (Phi) is 10.7. The third-order valence-corrected chi connectivity index (χ3v) is 6.95. The Bertz CT molecular complexity index is 1190. The second-order valence-corrected chi connectivity index (χ2v) is 9.90. The molecule has 3 aromatic rings. The molecule has 196 valence electrons. The molecule has 0 aliphatic carbocycles. The Labute approximate surface area is 227 Å². The molecular weight excluding hydrogens is 535 g/mol. The number of nitrogens with zero attached hydrogens (tertiary/aromatic N) is 1. The maximum Gasteiger partial charge on any atom is 0.261 e. The van der Waals surface area contributed by atoms with Gasteiger partial charge in [-0.25, -0.2) is 4.39 Å². The lowest BCUT2D eigenvalue weighted by atomic mass is 10.0. The summed E-state index contributed by atoms with van der Waals surface area (Å²) in [6, 6.07) is 20.6. The number of ether oxygens (including phenoxy) is 1. The fraction of sp³-hybridized carbons (Fsp3) is 0.333. The van der Waals surface area contributed by atoms with E-state index < -0.39 is 17.8 Å². The Hall–Kier alpha value is -3.19. The van der Waals surface area contributed by atoms with Crippen LogP contribution in [0.15, 0.2) is 77.3 Å². The van der Waals surface area contributed by atoms with Gasteiger partial charge >= 0.3 is 0 Å². The lowest BCUT2D eigenvalue weighted by Gasteiger charge is -2.32. The van der Waals surface area contributed by atoms with Crippen molar-refractivity contribution < 1.29 is 18.7 Å². The van der Waals surface area contributed by atoms with Crippen molar-refractivity contribution in [2.24, 2.45) is 0 Å². The van der Waals surface area contributed by atoms with Crippen molar-refractivity contribution >= 4 is 27.7 Å². The van der Waals surface area contributed by atoms with Crippen molar-refractivity contribution in [1.29, 1.82) is 0 Å². The van der Waals surface area contributed by atoms with E-state index in [0.717, 1.165) is 28.4 Å². The number of nitrogens with one attached hydrogen (secondary N) is 1. The monoisotopic (exact) mass is 568 g/mol. The molecule has 0 bridgehead atoms. The van der Waals surface area contributed by atoms with Gasteiger partial charge in [0.05, 0.1) is 4.47 Å². The van der Waals surface area contributed by atoms with Crippen molar-refractivity contribution in [2.75, 3.05) is 6.61 Å². The van der Waals surface area contributed by atoms with Crippen LogP contribution in [0.4, 0.5) is 4.39 Å². The lowest BCUT2D eigenvalue weighted by Crippen LogP contribution is -2.53. The summed E-state index contributed by atoms with van der Waals surface area (Å²) < 4.78 is 21.3. The van der Waals surface area contributed by atoms with E-state index in [1.807, 2.05) is 62.4 Å². The summed E-state index contributed by atoms with van der Waals surface area (Å²) in [5.74, 6) is -0.591. The average molecular weight is 570 g/mol. The molecule has 0 radical (unpaired) electrons. The van der Waals surface area contributed by atoms with E-state index in [2.05, 4.69) is 28.2 Å². The van der Waals surface area contributed by atoms with Gasteiger partial charge < -0.3 is 15.0 Å². The number of amides is 2. The third-order valence-electron chi connectivity index (χ3n) is 6.33. The number of halogens is 2. The largest absolute Gasteiger partial charge is 0.483 e. The number of rotatable bonds is 12. The Morgan fingerprint density at radius 2 is 1.70 bits per heavy atom. The van der Waals surface area contributed by atoms with Crippen LogP contribution in [0.2, 0.25) is 0 Å². The van der Waals surface area contributed by atoms with Crippen molar-refractivity contribution in [3.8, 4) is 5.75 Å². The molecule has 5 nitrogen and oxygen atoms in total. The Morgan fingerprint density at radius 3 is 2.35 bits per heavy atom. The molecule has 0 spiro atoms. The molecule has 7 heteroatoms. The third kappa shape index (κ3) is 8.15. The maximum atomic E-state index is 14.7. The molecule has 1 N–H and O–H groups in total. The van der Waals surface area contributed by atoms with Crippen LogP contribution >= 0.6 is 15.9 Å². The summed E-state index contributed by atoms with van der Waals surface area (Å²) in [5.41, 5.74) is 2.37. The zero-order chi connectivity index (χ0) is 26.8. The average Bonchev–Trinajstić information content (AvgIpc) is 2.91. The van der Waals surface area contributed by atoms with Crippen LogP contribution in [0.1, 0.15) is 43.9 Å². The molecule has 0 aliphatic rings. The van der Waals surface area contributed by atoms with Crippen LogP contribution < -0.4 is 10.1 Å². The van der Waals surface area contributed by atoms with Crippen molar-refractivity contribution in [3.63, 3.8) is 0 Å². The van der Waals surface area contributed by atoms with Gasteiger partial charge in [0.15, 0.2) is 6.61 Å². The molecule has 0 aliphatic heterocycles. The van der Waals surface area contributed by atoms with Crippen LogP contribution in [-0.2, 0) is 29.0 Å². The van der Waals surface area contributed by atoms with Gasteiger partial charge in [0.25, 0.3) is 5.91 Å². The minimum absolute atomic E-state index is 0.0593. The number of hydrogen-bond acceptors (Lipinski definition) is 3. The standard InChI is InChI=1S/C30H34BrFN2O3/c1-4-21(3)33-30(36)27(18-23-11-7-6-8-12-23)34(19-24-13-9-10-14-26(24)32)29(35)20-37-28-16-15-22(5-2)17-25(28)31/h6-17,21,27H,4-5,18-20H2,1-3H3,(H,33,36)/t21-,27-/m1/s1. The topological polar surface area (TPSA) is 58.6 Å². The van der Waals surface area contributed by atoms with Crippen LogP contribution in [0.5, 0.6) is 5.75 Å². The number of benzene rings is 3. The molecule has 3 aromatic carbocycles. The van der Waals surface area contributed by atoms with E-state index in [-0.39, 0.29) is 31.5 Å². The minimum Gasteiger partial charge on any atom is -0.483 e. The van der Waals surface area contributed by atoms with Gasteiger partial charge in [0.1, 0.15) is 17.6 Å². The molecule has 0 heterocycles. The van der Waals surface area contributed by atoms with E-state index >= 15 is 0 Å². The lowest BCUT2D eigenvalue weighted by molar-refractivity contribution is -0.143. The normalized spacial score (nSPS) is 12.5. The van der Waals surface area contributed by atoms with Gasteiger partial charge in [-0.15, -0.1) is 0 Å². The molecule has 0 saturated heterocycles. The zero-order valence-corrected chi connectivity index (χ0v) is 23.1. The van der Waals surface area contributed by atoms with E-state index in [1.165, 1.54) is 11.0 Å². The van der Waals surface area contributed by atoms with Crippen LogP contribution in [0, 0.1) is 5.82 Å². The number of hydrogen-bond donors (Lipinski definition) is 1. The van der Waals surface area contributed by atoms with Crippen molar-refractivity contribution in [2.45, 2.75) is 58.7 Å². The van der Waals surface area contributed by atoms with Crippen LogP contribution in [0.3, 0.4) is 0 Å². The molecule has 37 heavy (non-hydrogen) atoms. The number of carbonyl (C=O) groups excluding carboxylic acids is 2. The predicted molar refractivity (Wildman–Crippen MR) is 148 cm³/mol. The highest BCUT2D eigenvalue weighted by Crippen LogP contribution is 2.26. The number of carbonyl (C=O) groups is 2. The van der Waals surface area contributed by atoms with E-state index in [4.69, 9.17) is 4.74 Å². The summed E-state index contributed by atoms with van der Waals surface area (Å²) in [7, 11) is 0. The van der Waals surface area contributed by atoms with Gasteiger partial charge in [-0.3, -0.25) is 9.59 Å². The van der Waals surface area contributed by atoms with Gasteiger partial charge in [-0.1, -0.05) is 68.4 Å².